The van der Waals surface area contributed by atoms with Gasteiger partial charge in [0.2, 0.25) is 10.0 Å². The van der Waals surface area contributed by atoms with Gasteiger partial charge in [-0.15, -0.1) is 0 Å². The Balaban J connectivity index is 1.83. The highest BCUT2D eigenvalue weighted by atomic mass is 32.2. The molecule has 9 nitrogen and oxygen atoms in total. The second-order valence-corrected chi connectivity index (χ2v) is 7.88. The molecule has 0 radical (unpaired) electrons. The predicted molar refractivity (Wildman–Crippen MR) is 97.8 cm³/mol. The molecule has 27 heavy (non-hydrogen) atoms. The standard InChI is InChI=1S/C17H17N5O4S/c1-13(14-3-5-15(6-4-14)21-12-18-11-19-21)20(2)27(25,26)17-9-7-16(8-10-17)22(23)24/h3-13H,1-2H3/t13-/m0/s1. The molecule has 0 bridgehead atoms. The maximum Gasteiger partial charge on any atom is 0.269 e. The van der Waals surface area contributed by atoms with Crippen molar-refractivity contribution in [2.45, 2.75) is 17.9 Å². The maximum atomic E-state index is 12.8. The van der Waals surface area contributed by atoms with E-state index >= 15 is 0 Å². The Morgan fingerprint density at radius 3 is 2.26 bits per heavy atom. The van der Waals surface area contributed by atoms with Crippen LogP contribution in [0.5, 0.6) is 0 Å². The van der Waals surface area contributed by atoms with Crippen LogP contribution in [0.4, 0.5) is 5.69 Å². The fourth-order valence-electron chi connectivity index (χ4n) is 2.57. The molecule has 0 aliphatic heterocycles. The third-order valence-corrected chi connectivity index (χ3v) is 6.27. The van der Waals surface area contributed by atoms with Crippen LogP contribution in [0.3, 0.4) is 0 Å². The Morgan fingerprint density at radius 2 is 1.74 bits per heavy atom. The average Bonchev–Trinajstić information content (AvgIpc) is 3.21. The fourth-order valence-corrected chi connectivity index (χ4v) is 3.92. The van der Waals surface area contributed by atoms with Gasteiger partial charge in [0.05, 0.1) is 15.5 Å². The molecule has 0 aliphatic rings. The Labute approximate surface area is 156 Å². The van der Waals surface area contributed by atoms with Gasteiger partial charge in [-0.25, -0.2) is 18.1 Å². The summed E-state index contributed by atoms with van der Waals surface area (Å²) in [5.41, 5.74) is 1.45. The van der Waals surface area contributed by atoms with Gasteiger partial charge in [-0.1, -0.05) is 12.1 Å². The van der Waals surface area contributed by atoms with E-state index in [1.54, 1.807) is 17.9 Å². The highest BCUT2D eigenvalue weighted by Crippen LogP contribution is 2.27. The summed E-state index contributed by atoms with van der Waals surface area (Å²) in [5, 5.41) is 14.8. The Hall–Kier alpha value is -3.11. The third kappa shape index (κ3) is 3.71. The smallest absolute Gasteiger partial charge is 0.258 e. The van der Waals surface area contributed by atoms with Crippen LogP contribution in [0.25, 0.3) is 5.69 Å². The van der Waals surface area contributed by atoms with Crippen LogP contribution >= 0.6 is 0 Å². The van der Waals surface area contributed by atoms with Gasteiger partial charge in [-0.05, 0) is 36.8 Å². The van der Waals surface area contributed by atoms with E-state index in [4.69, 9.17) is 0 Å². The van der Waals surface area contributed by atoms with E-state index < -0.39 is 21.0 Å². The molecule has 0 N–H and O–H groups in total. The van der Waals surface area contributed by atoms with E-state index in [-0.39, 0.29) is 10.6 Å². The highest BCUT2D eigenvalue weighted by Gasteiger charge is 2.26. The van der Waals surface area contributed by atoms with Crippen LogP contribution in [-0.4, -0.2) is 39.5 Å². The lowest BCUT2D eigenvalue weighted by molar-refractivity contribution is -0.384. The number of non-ortho nitro benzene ring substituents is 1. The van der Waals surface area contributed by atoms with Gasteiger partial charge >= 0.3 is 0 Å². The van der Waals surface area contributed by atoms with Gasteiger partial charge in [0.15, 0.2) is 0 Å². The first kappa shape index (κ1) is 18.7. The quantitative estimate of drug-likeness (QED) is 0.475. The average molecular weight is 387 g/mol. The molecule has 0 amide bonds. The first-order valence-corrected chi connectivity index (χ1v) is 9.42. The lowest BCUT2D eigenvalue weighted by atomic mass is 10.1. The number of aromatic nitrogens is 3. The Bertz CT molecular complexity index is 1030. The van der Waals surface area contributed by atoms with Gasteiger partial charge in [-0.3, -0.25) is 10.1 Å². The molecule has 0 saturated heterocycles. The van der Waals surface area contributed by atoms with Crippen molar-refractivity contribution in [3.05, 3.63) is 76.9 Å². The number of nitro groups is 1. The lowest BCUT2D eigenvalue weighted by Crippen LogP contribution is -2.29. The molecule has 0 spiro atoms. The zero-order valence-electron chi connectivity index (χ0n) is 14.6. The summed E-state index contributed by atoms with van der Waals surface area (Å²) < 4.78 is 28.5. The van der Waals surface area contributed by atoms with Crippen molar-refractivity contribution in [2.75, 3.05) is 7.05 Å². The molecule has 1 atom stereocenters. The number of sulfonamides is 1. The summed E-state index contributed by atoms with van der Waals surface area (Å²) in [5.74, 6) is 0. The van der Waals surface area contributed by atoms with Gasteiger partial charge < -0.3 is 0 Å². The third-order valence-electron chi connectivity index (χ3n) is 4.33. The summed E-state index contributed by atoms with van der Waals surface area (Å²) in [4.78, 5) is 14.1. The molecule has 140 valence electrons. The number of nitrogens with zero attached hydrogens (tertiary/aromatic N) is 5. The first-order valence-electron chi connectivity index (χ1n) is 7.98. The van der Waals surface area contributed by atoms with Crippen LogP contribution in [0.2, 0.25) is 0 Å². The molecule has 1 heterocycles. The molecule has 1 aromatic heterocycles. The predicted octanol–water partition coefficient (Wildman–Crippen LogP) is 2.56. The van der Waals surface area contributed by atoms with Gasteiger partial charge in [-0.2, -0.15) is 9.40 Å². The molecule has 3 aromatic rings. The van der Waals surface area contributed by atoms with E-state index in [9.17, 15) is 18.5 Å². The zero-order chi connectivity index (χ0) is 19.6. The van der Waals surface area contributed by atoms with Crippen LogP contribution in [0.15, 0.2) is 66.1 Å². The summed E-state index contributed by atoms with van der Waals surface area (Å²) >= 11 is 0. The van der Waals surface area contributed by atoms with Gasteiger partial charge in [0.25, 0.3) is 5.69 Å². The lowest BCUT2D eigenvalue weighted by Gasteiger charge is -2.24. The molecule has 0 fully saturated rings. The molecule has 2 aromatic carbocycles. The molecule has 0 saturated carbocycles. The van der Waals surface area contributed by atoms with Crippen molar-refractivity contribution in [3.8, 4) is 5.69 Å². The summed E-state index contributed by atoms with van der Waals surface area (Å²) in [6.45, 7) is 1.77. The first-order chi connectivity index (χ1) is 12.8. The minimum atomic E-state index is -3.80. The minimum Gasteiger partial charge on any atom is -0.258 e. The van der Waals surface area contributed by atoms with Crippen LogP contribution in [0, 0.1) is 10.1 Å². The van der Waals surface area contributed by atoms with Crippen molar-refractivity contribution in [3.63, 3.8) is 0 Å². The van der Waals surface area contributed by atoms with Crippen LogP contribution in [-0.2, 0) is 10.0 Å². The van der Waals surface area contributed by atoms with Crippen molar-refractivity contribution in [1.29, 1.82) is 0 Å². The number of rotatable bonds is 6. The van der Waals surface area contributed by atoms with Crippen molar-refractivity contribution >= 4 is 15.7 Å². The number of nitro benzene ring substituents is 1. The van der Waals surface area contributed by atoms with Gasteiger partial charge in [0.1, 0.15) is 12.7 Å². The fraction of sp³-hybridized carbons (Fsp3) is 0.176. The van der Waals surface area contributed by atoms with Crippen molar-refractivity contribution in [1.82, 2.24) is 19.1 Å². The van der Waals surface area contributed by atoms with Crippen LogP contribution in [0.1, 0.15) is 18.5 Å². The molecule has 3 rings (SSSR count). The molecule has 0 aliphatic carbocycles. The topological polar surface area (TPSA) is 111 Å². The highest BCUT2D eigenvalue weighted by molar-refractivity contribution is 7.89. The normalized spacial score (nSPS) is 12.9. The monoisotopic (exact) mass is 387 g/mol. The van der Waals surface area contributed by atoms with E-state index in [1.165, 1.54) is 41.9 Å². The van der Waals surface area contributed by atoms with E-state index in [0.29, 0.717) is 0 Å². The van der Waals surface area contributed by atoms with E-state index in [2.05, 4.69) is 10.1 Å². The largest absolute Gasteiger partial charge is 0.269 e. The summed E-state index contributed by atoms with van der Waals surface area (Å²) in [6, 6.07) is 11.7. The second kappa shape index (κ2) is 7.25. The molecule has 0 unspecified atom stereocenters. The number of hydrogen-bond donors (Lipinski definition) is 0. The van der Waals surface area contributed by atoms with Crippen molar-refractivity contribution < 1.29 is 13.3 Å². The molecular formula is C17H17N5O4S. The molecule has 10 heteroatoms. The summed E-state index contributed by atoms with van der Waals surface area (Å²) in [6.07, 6.45) is 3.00. The second-order valence-electron chi connectivity index (χ2n) is 5.88. The van der Waals surface area contributed by atoms with Crippen molar-refractivity contribution in [2.24, 2.45) is 0 Å². The van der Waals surface area contributed by atoms with Gasteiger partial charge in [0, 0.05) is 25.2 Å². The minimum absolute atomic E-state index is 0.00156. The van der Waals surface area contributed by atoms with Crippen LogP contribution < -0.4 is 0 Å². The maximum absolute atomic E-state index is 12.8. The van der Waals surface area contributed by atoms with E-state index in [1.807, 2.05) is 24.3 Å². The molecular weight excluding hydrogens is 370 g/mol. The van der Waals surface area contributed by atoms with E-state index in [0.717, 1.165) is 11.3 Å². The Morgan fingerprint density at radius 1 is 1.11 bits per heavy atom. The zero-order valence-corrected chi connectivity index (χ0v) is 15.4. The Kier molecular flexibility index (Phi) is 5.02. The number of hydrogen-bond acceptors (Lipinski definition) is 6. The SMILES string of the molecule is C[C@@H](c1ccc(-n2cncn2)cc1)N(C)S(=O)(=O)c1ccc([N+](=O)[O-])cc1. The summed E-state index contributed by atoms with van der Waals surface area (Å²) in [7, 11) is -2.32. The number of benzene rings is 2.